The molecule has 0 radical (unpaired) electrons. The molecular weight excluding hydrogens is 154 g/mol. The summed E-state index contributed by atoms with van der Waals surface area (Å²) in [5.74, 6) is 0. The summed E-state index contributed by atoms with van der Waals surface area (Å²) in [6, 6.07) is 0. The summed E-state index contributed by atoms with van der Waals surface area (Å²) in [5.41, 5.74) is 0. The zero-order valence-corrected chi connectivity index (χ0v) is 8.27. The fourth-order valence-corrected chi connectivity index (χ4v) is 0.859. The fourth-order valence-electron chi connectivity index (χ4n) is 0.859. The van der Waals surface area contributed by atoms with E-state index in [0.717, 1.165) is 6.54 Å². The van der Waals surface area contributed by atoms with Crippen LogP contribution in [0.2, 0.25) is 0 Å². The Bertz CT molecular complexity index is 68.9. The molecule has 0 atom stereocenters. The molecule has 0 spiro atoms. The van der Waals surface area contributed by atoms with Crippen molar-refractivity contribution in [3.63, 3.8) is 0 Å². The van der Waals surface area contributed by atoms with Crippen molar-refractivity contribution in [2.75, 3.05) is 33.6 Å². The molecule has 0 rings (SSSR count). The maximum Gasteiger partial charge on any atom is 0.0966 e. The van der Waals surface area contributed by atoms with Crippen molar-refractivity contribution < 1.29 is 9.47 Å². The molecule has 0 bridgehead atoms. The van der Waals surface area contributed by atoms with Gasteiger partial charge in [-0.1, -0.05) is 19.8 Å². The minimum atomic E-state index is 0.646. The Morgan fingerprint density at radius 1 is 1.17 bits per heavy atom. The SMILES string of the molecule is CCCCCNCOCCOC. The van der Waals surface area contributed by atoms with Crippen molar-refractivity contribution >= 4 is 0 Å². The predicted molar refractivity (Wildman–Crippen MR) is 50.2 cm³/mol. The summed E-state index contributed by atoms with van der Waals surface area (Å²) >= 11 is 0. The van der Waals surface area contributed by atoms with Gasteiger partial charge in [-0.2, -0.15) is 0 Å². The first-order valence-electron chi connectivity index (χ1n) is 4.69. The van der Waals surface area contributed by atoms with Gasteiger partial charge in [-0.05, 0) is 13.0 Å². The van der Waals surface area contributed by atoms with Crippen molar-refractivity contribution in [3.05, 3.63) is 0 Å². The molecule has 0 fully saturated rings. The van der Waals surface area contributed by atoms with E-state index in [1.54, 1.807) is 7.11 Å². The molecule has 3 heteroatoms. The third-order valence-corrected chi connectivity index (χ3v) is 1.59. The Balaban J connectivity index is 2.73. The van der Waals surface area contributed by atoms with Crippen LogP contribution in [-0.2, 0) is 9.47 Å². The molecule has 12 heavy (non-hydrogen) atoms. The van der Waals surface area contributed by atoms with Crippen molar-refractivity contribution in [2.24, 2.45) is 0 Å². The lowest BCUT2D eigenvalue weighted by Gasteiger charge is -2.04. The number of unbranched alkanes of at least 4 members (excludes halogenated alkanes) is 2. The summed E-state index contributed by atoms with van der Waals surface area (Å²) in [4.78, 5) is 0. The Labute approximate surface area is 75.4 Å². The van der Waals surface area contributed by atoms with Crippen LogP contribution in [-0.4, -0.2) is 33.6 Å². The monoisotopic (exact) mass is 175 g/mol. The first-order chi connectivity index (χ1) is 5.91. The second-order valence-electron chi connectivity index (χ2n) is 2.75. The second kappa shape index (κ2) is 10.9. The Morgan fingerprint density at radius 3 is 2.67 bits per heavy atom. The van der Waals surface area contributed by atoms with Crippen LogP contribution >= 0.6 is 0 Å². The van der Waals surface area contributed by atoms with Crippen LogP contribution in [0.25, 0.3) is 0 Å². The molecule has 0 saturated carbocycles. The molecule has 0 aromatic rings. The normalized spacial score (nSPS) is 10.5. The number of ether oxygens (including phenoxy) is 2. The Morgan fingerprint density at radius 2 is 2.00 bits per heavy atom. The van der Waals surface area contributed by atoms with Crippen LogP contribution in [0.5, 0.6) is 0 Å². The molecule has 0 amide bonds. The fraction of sp³-hybridized carbons (Fsp3) is 1.00. The van der Waals surface area contributed by atoms with Crippen LogP contribution in [0.4, 0.5) is 0 Å². The Hall–Kier alpha value is -0.120. The number of hydrogen-bond acceptors (Lipinski definition) is 3. The third kappa shape index (κ3) is 9.88. The minimum absolute atomic E-state index is 0.646. The van der Waals surface area contributed by atoms with Gasteiger partial charge in [0.05, 0.1) is 19.9 Å². The van der Waals surface area contributed by atoms with E-state index in [9.17, 15) is 0 Å². The van der Waals surface area contributed by atoms with Crippen LogP contribution in [0.3, 0.4) is 0 Å². The van der Waals surface area contributed by atoms with Gasteiger partial charge in [0, 0.05) is 7.11 Å². The highest BCUT2D eigenvalue weighted by Crippen LogP contribution is 1.90. The van der Waals surface area contributed by atoms with E-state index < -0.39 is 0 Å². The van der Waals surface area contributed by atoms with E-state index in [2.05, 4.69) is 12.2 Å². The largest absolute Gasteiger partial charge is 0.382 e. The van der Waals surface area contributed by atoms with Gasteiger partial charge in [-0.15, -0.1) is 0 Å². The van der Waals surface area contributed by atoms with Gasteiger partial charge >= 0.3 is 0 Å². The minimum Gasteiger partial charge on any atom is -0.382 e. The number of hydrogen-bond donors (Lipinski definition) is 1. The summed E-state index contributed by atoms with van der Waals surface area (Å²) in [6.45, 7) is 5.26. The lowest BCUT2D eigenvalue weighted by atomic mass is 10.2. The number of rotatable bonds is 9. The molecule has 74 valence electrons. The van der Waals surface area contributed by atoms with Crippen LogP contribution in [0.15, 0.2) is 0 Å². The van der Waals surface area contributed by atoms with Gasteiger partial charge in [0.15, 0.2) is 0 Å². The van der Waals surface area contributed by atoms with Crippen LogP contribution < -0.4 is 5.32 Å². The van der Waals surface area contributed by atoms with Crippen molar-refractivity contribution in [1.82, 2.24) is 5.32 Å². The lowest BCUT2D eigenvalue weighted by Crippen LogP contribution is -2.20. The molecule has 0 saturated heterocycles. The Kier molecular flexibility index (Phi) is 10.8. The molecule has 0 aromatic heterocycles. The van der Waals surface area contributed by atoms with E-state index in [-0.39, 0.29) is 0 Å². The van der Waals surface area contributed by atoms with E-state index in [0.29, 0.717) is 19.9 Å². The zero-order chi connectivity index (χ0) is 9.07. The number of methoxy groups -OCH3 is 1. The first-order valence-corrected chi connectivity index (χ1v) is 4.69. The molecule has 0 aliphatic carbocycles. The lowest BCUT2D eigenvalue weighted by molar-refractivity contribution is 0.0609. The molecule has 0 aromatic carbocycles. The standard InChI is InChI=1S/C9H21NO2/c1-3-4-5-6-10-9-12-8-7-11-2/h10H,3-9H2,1-2H3. The molecular formula is C9H21NO2. The summed E-state index contributed by atoms with van der Waals surface area (Å²) in [7, 11) is 1.68. The molecule has 1 N–H and O–H groups in total. The summed E-state index contributed by atoms with van der Waals surface area (Å²) < 4.78 is 10.1. The van der Waals surface area contributed by atoms with Crippen molar-refractivity contribution in [1.29, 1.82) is 0 Å². The van der Waals surface area contributed by atoms with Crippen molar-refractivity contribution in [2.45, 2.75) is 26.2 Å². The van der Waals surface area contributed by atoms with Gasteiger partial charge in [0.2, 0.25) is 0 Å². The summed E-state index contributed by atoms with van der Waals surface area (Å²) in [6.07, 6.45) is 3.81. The molecule has 0 unspecified atom stereocenters. The van der Waals surface area contributed by atoms with Gasteiger partial charge in [0.1, 0.15) is 0 Å². The second-order valence-corrected chi connectivity index (χ2v) is 2.75. The summed E-state index contributed by atoms with van der Waals surface area (Å²) in [5, 5.41) is 3.20. The van der Waals surface area contributed by atoms with Gasteiger partial charge in [-0.25, -0.2) is 0 Å². The molecule has 3 nitrogen and oxygen atoms in total. The van der Waals surface area contributed by atoms with Gasteiger partial charge < -0.3 is 9.47 Å². The molecule has 0 heterocycles. The van der Waals surface area contributed by atoms with E-state index in [1.165, 1.54) is 19.3 Å². The average molecular weight is 175 g/mol. The van der Waals surface area contributed by atoms with Crippen LogP contribution in [0, 0.1) is 0 Å². The average Bonchev–Trinajstić information content (AvgIpc) is 2.10. The third-order valence-electron chi connectivity index (χ3n) is 1.59. The van der Waals surface area contributed by atoms with Crippen LogP contribution in [0.1, 0.15) is 26.2 Å². The van der Waals surface area contributed by atoms with E-state index in [1.807, 2.05) is 0 Å². The predicted octanol–water partition coefficient (Wildman–Crippen LogP) is 1.39. The van der Waals surface area contributed by atoms with E-state index in [4.69, 9.17) is 9.47 Å². The zero-order valence-electron chi connectivity index (χ0n) is 8.27. The maximum atomic E-state index is 5.22. The maximum absolute atomic E-state index is 5.22. The van der Waals surface area contributed by atoms with E-state index >= 15 is 0 Å². The highest BCUT2D eigenvalue weighted by molar-refractivity contribution is 4.41. The molecule has 0 aliphatic rings. The van der Waals surface area contributed by atoms with Gasteiger partial charge in [-0.3, -0.25) is 5.32 Å². The quantitative estimate of drug-likeness (QED) is 0.424. The van der Waals surface area contributed by atoms with Gasteiger partial charge in [0.25, 0.3) is 0 Å². The van der Waals surface area contributed by atoms with Crippen molar-refractivity contribution in [3.8, 4) is 0 Å². The highest BCUT2D eigenvalue weighted by atomic mass is 16.5. The number of nitrogens with one attached hydrogen (secondary N) is 1. The highest BCUT2D eigenvalue weighted by Gasteiger charge is 1.87. The topological polar surface area (TPSA) is 30.5 Å². The molecule has 0 aliphatic heterocycles. The smallest absolute Gasteiger partial charge is 0.0966 e. The first kappa shape index (κ1) is 11.9.